The Bertz CT molecular complexity index is 678. The maximum absolute atomic E-state index is 12.8. The summed E-state index contributed by atoms with van der Waals surface area (Å²) in [5.41, 5.74) is 1.24. The zero-order valence-corrected chi connectivity index (χ0v) is 14.1. The van der Waals surface area contributed by atoms with Gasteiger partial charge in [0.15, 0.2) is 0 Å². The molecule has 0 aliphatic carbocycles. The molecule has 0 unspecified atom stereocenters. The number of amides is 1. The Hall–Kier alpha value is -1.66. The number of nitrogens with zero attached hydrogens (tertiary/aromatic N) is 2. The van der Waals surface area contributed by atoms with Crippen molar-refractivity contribution in [2.75, 3.05) is 39.3 Å². The highest BCUT2D eigenvalue weighted by Gasteiger charge is 2.31. The van der Waals surface area contributed by atoms with E-state index in [9.17, 15) is 9.59 Å². The molecule has 4 rings (SSSR count). The lowest BCUT2D eigenvalue weighted by molar-refractivity contribution is 0.0947. The number of rotatable bonds is 4. The van der Waals surface area contributed by atoms with Crippen LogP contribution >= 0.6 is 0 Å². The van der Waals surface area contributed by atoms with Crippen LogP contribution in [0, 0.1) is 5.92 Å². The van der Waals surface area contributed by atoms with Gasteiger partial charge in [-0.25, -0.2) is 0 Å². The molecule has 0 saturated carbocycles. The second-order valence-electron chi connectivity index (χ2n) is 7.35. The molecule has 2 saturated heterocycles. The van der Waals surface area contributed by atoms with Gasteiger partial charge < -0.3 is 20.1 Å². The normalized spacial score (nSPS) is 26.2. The van der Waals surface area contributed by atoms with Gasteiger partial charge >= 0.3 is 0 Å². The molecule has 0 spiro atoms. The monoisotopic (exact) mass is 330 g/mol. The molecule has 4 heterocycles. The first-order chi connectivity index (χ1) is 11.7. The van der Waals surface area contributed by atoms with Crippen molar-refractivity contribution >= 4 is 5.91 Å². The number of hydrogen-bond donors (Lipinski definition) is 2. The summed E-state index contributed by atoms with van der Waals surface area (Å²) in [6.45, 7) is 6.34. The summed E-state index contributed by atoms with van der Waals surface area (Å²) in [6, 6.07) is 3.69. The van der Waals surface area contributed by atoms with Crippen LogP contribution in [0.1, 0.15) is 41.2 Å². The summed E-state index contributed by atoms with van der Waals surface area (Å²) in [4.78, 5) is 27.5. The molecular weight excluding hydrogens is 304 g/mol. The van der Waals surface area contributed by atoms with E-state index in [0.717, 1.165) is 51.4 Å². The molecule has 3 aliphatic rings. The molecule has 2 fully saturated rings. The molecule has 6 heteroatoms. The van der Waals surface area contributed by atoms with Gasteiger partial charge in [-0.3, -0.25) is 9.59 Å². The molecule has 2 N–H and O–H groups in total. The average Bonchev–Trinajstić information content (AvgIpc) is 3.09. The molecule has 24 heavy (non-hydrogen) atoms. The smallest absolute Gasteiger partial charge is 0.263 e. The minimum Gasteiger partial charge on any atom is -0.351 e. The number of piperidine rings is 1. The van der Waals surface area contributed by atoms with Gasteiger partial charge in [0.2, 0.25) is 0 Å². The Kier molecular flexibility index (Phi) is 4.41. The maximum Gasteiger partial charge on any atom is 0.263 e. The molecule has 3 aliphatic heterocycles. The fourth-order valence-electron chi connectivity index (χ4n) is 4.39. The first kappa shape index (κ1) is 15.8. The SMILES string of the molecule is O=C(NCCN1CCCC1)c1ccc2n(c1=O)C[C@@H]1CNC[C@H]2C1. The number of carbonyl (C=O) groups is 1. The quantitative estimate of drug-likeness (QED) is 0.838. The summed E-state index contributed by atoms with van der Waals surface area (Å²) in [6.07, 6.45) is 3.64. The van der Waals surface area contributed by atoms with Gasteiger partial charge in [-0.05, 0) is 56.9 Å². The van der Waals surface area contributed by atoms with Crippen molar-refractivity contribution in [1.82, 2.24) is 20.1 Å². The van der Waals surface area contributed by atoms with E-state index in [1.54, 1.807) is 6.07 Å². The molecule has 1 aromatic heterocycles. The van der Waals surface area contributed by atoms with E-state index in [0.29, 0.717) is 18.4 Å². The summed E-state index contributed by atoms with van der Waals surface area (Å²) < 4.78 is 1.84. The van der Waals surface area contributed by atoms with Crippen LogP contribution in [0.4, 0.5) is 0 Å². The summed E-state index contributed by atoms with van der Waals surface area (Å²) in [7, 11) is 0. The molecule has 2 atom stereocenters. The van der Waals surface area contributed by atoms with Gasteiger partial charge in [0.1, 0.15) is 5.56 Å². The minimum absolute atomic E-state index is 0.122. The summed E-state index contributed by atoms with van der Waals surface area (Å²) in [5, 5.41) is 6.36. The Morgan fingerprint density at radius 2 is 2.08 bits per heavy atom. The first-order valence-corrected chi connectivity index (χ1v) is 9.17. The van der Waals surface area contributed by atoms with E-state index in [2.05, 4.69) is 15.5 Å². The Morgan fingerprint density at radius 3 is 2.92 bits per heavy atom. The minimum atomic E-state index is -0.233. The van der Waals surface area contributed by atoms with Gasteiger partial charge in [-0.2, -0.15) is 0 Å². The lowest BCUT2D eigenvalue weighted by Gasteiger charge is -2.37. The van der Waals surface area contributed by atoms with Crippen molar-refractivity contribution in [3.8, 4) is 0 Å². The largest absolute Gasteiger partial charge is 0.351 e. The van der Waals surface area contributed by atoms with Gasteiger partial charge in [0.25, 0.3) is 11.5 Å². The number of nitrogens with one attached hydrogen (secondary N) is 2. The number of fused-ring (bicyclic) bond motifs is 4. The fraction of sp³-hybridized carbons (Fsp3) is 0.667. The Morgan fingerprint density at radius 1 is 1.25 bits per heavy atom. The van der Waals surface area contributed by atoms with Crippen LogP contribution in [0.25, 0.3) is 0 Å². The second-order valence-corrected chi connectivity index (χ2v) is 7.35. The van der Waals surface area contributed by atoms with Crippen LogP contribution in [-0.4, -0.2) is 54.6 Å². The number of hydrogen-bond acceptors (Lipinski definition) is 4. The van der Waals surface area contributed by atoms with Crippen LogP contribution in [-0.2, 0) is 6.54 Å². The van der Waals surface area contributed by atoms with Crippen LogP contribution in [0.15, 0.2) is 16.9 Å². The van der Waals surface area contributed by atoms with Crippen molar-refractivity contribution in [2.24, 2.45) is 5.92 Å². The highest BCUT2D eigenvalue weighted by atomic mass is 16.2. The van der Waals surface area contributed by atoms with Gasteiger partial charge in [0.05, 0.1) is 0 Å². The highest BCUT2D eigenvalue weighted by molar-refractivity contribution is 5.93. The molecule has 2 bridgehead atoms. The van der Waals surface area contributed by atoms with Crippen molar-refractivity contribution in [3.63, 3.8) is 0 Å². The van der Waals surface area contributed by atoms with Crippen LogP contribution in [0.3, 0.4) is 0 Å². The lowest BCUT2D eigenvalue weighted by atomic mass is 9.84. The summed E-state index contributed by atoms with van der Waals surface area (Å²) in [5.74, 6) is 0.670. The zero-order chi connectivity index (χ0) is 16.5. The Balaban J connectivity index is 1.46. The number of carbonyl (C=O) groups excluding carboxylic acids is 1. The number of pyridine rings is 1. The predicted octanol–water partition coefficient (Wildman–Crippen LogP) is 0.381. The third-order valence-corrected chi connectivity index (χ3v) is 5.67. The first-order valence-electron chi connectivity index (χ1n) is 9.17. The van der Waals surface area contributed by atoms with Gasteiger partial charge in [-0.1, -0.05) is 0 Å². The van der Waals surface area contributed by atoms with Gasteiger partial charge in [-0.15, -0.1) is 0 Å². The highest BCUT2D eigenvalue weighted by Crippen LogP contribution is 2.31. The third-order valence-electron chi connectivity index (χ3n) is 5.67. The molecular formula is C18H26N4O2. The average molecular weight is 330 g/mol. The predicted molar refractivity (Wildman–Crippen MR) is 92.4 cm³/mol. The number of aromatic nitrogens is 1. The zero-order valence-electron chi connectivity index (χ0n) is 14.1. The standard InChI is InChI=1S/C18H26N4O2/c23-17(20-5-8-21-6-1-2-7-21)15-3-4-16-14-9-13(10-19-11-14)12-22(16)18(15)24/h3-4,13-14,19H,1-2,5-12H2,(H,20,23)/t13-,14+/m0/s1. The lowest BCUT2D eigenvalue weighted by Crippen LogP contribution is -2.46. The van der Waals surface area contributed by atoms with Crippen molar-refractivity contribution < 1.29 is 4.79 Å². The van der Waals surface area contributed by atoms with Crippen molar-refractivity contribution in [3.05, 3.63) is 33.7 Å². The van der Waals surface area contributed by atoms with E-state index >= 15 is 0 Å². The van der Waals surface area contributed by atoms with Crippen LogP contribution < -0.4 is 16.2 Å². The second kappa shape index (κ2) is 6.69. The molecule has 6 nitrogen and oxygen atoms in total. The Labute approximate surface area is 142 Å². The summed E-state index contributed by atoms with van der Waals surface area (Å²) >= 11 is 0. The van der Waals surface area contributed by atoms with E-state index in [4.69, 9.17) is 0 Å². The molecule has 1 amide bonds. The molecule has 0 aromatic carbocycles. The van der Waals surface area contributed by atoms with Crippen molar-refractivity contribution in [1.29, 1.82) is 0 Å². The number of likely N-dealkylation sites (tertiary alicyclic amines) is 1. The topological polar surface area (TPSA) is 66.4 Å². The van der Waals surface area contributed by atoms with Crippen LogP contribution in [0.5, 0.6) is 0 Å². The third kappa shape index (κ3) is 3.00. The molecule has 1 aromatic rings. The van der Waals surface area contributed by atoms with E-state index in [-0.39, 0.29) is 17.0 Å². The maximum atomic E-state index is 12.8. The molecule has 0 radical (unpaired) electrons. The molecule has 130 valence electrons. The van der Waals surface area contributed by atoms with Crippen molar-refractivity contribution in [2.45, 2.75) is 31.7 Å². The van der Waals surface area contributed by atoms with E-state index in [1.165, 1.54) is 12.8 Å². The van der Waals surface area contributed by atoms with E-state index < -0.39 is 0 Å². The van der Waals surface area contributed by atoms with Gasteiger partial charge in [0, 0.05) is 37.8 Å². The fourth-order valence-corrected chi connectivity index (χ4v) is 4.39. The van der Waals surface area contributed by atoms with Crippen LogP contribution in [0.2, 0.25) is 0 Å². The van der Waals surface area contributed by atoms with E-state index in [1.807, 2.05) is 10.6 Å².